The molecule has 5 nitrogen and oxygen atoms in total. The van der Waals surface area contributed by atoms with E-state index in [1.807, 2.05) is 26.2 Å². The smallest absolute Gasteiger partial charge is 0.148 e. The van der Waals surface area contributed by atoms with Crippen LogP contribution in [-0.2, 0) is 6.54 Å². The van der Waals surface area contributed by atoms with Crippen LogP contribution in [0.5, 0.6) is 0 Å². The first kappa shape index (κ1) is 21.3. The summed E-state index contributed by atoms with van der Waals surface area (Å²) in [7, 11) is 4.09. The van der Waals surface area contributed by atoms with Crippen LogP contribution in [0.25, 0.3) is 11.3 Å². The molecular weight excluding hydrogens is 382 g/mol. The molecule has 1 N–H and O–H groups in total. The summed E-state index contributed by atoms with van der Waals surface area (Å²) < 4.78 is 0. The molecule has 0 spiro atoms. The fourth-order valence-electron chi connectivity index (χ4n) is 4.19. The Bertz CT molecular complexity index is 914. The van der Waals surface area contributed by atoms with Crippen LogP contribution in [0.15, 0.2) is 66.7 Å². The number of hydrogen-bond acceptors (Lipinski definition) is 5. The van der Waals surface area contributed by atoms with Crippen molar-refractivity contribution >= 4 is 11.5 Å². The van der Waals surface area contributed by atoms with Crippen molar-refractivity contribution in [3.63, 3.8) is 0 Å². The number of nitrogens with zero attached hydrogens (tertiary/aromatic N) is 4. The Morgan fingerprint density at radius 2 is 1.65 bits per heavy atom. The second-order valence-electron chi connectivity index (χ2n) is 8.67. The monoisotopic (exact) mass is 415 g/mol. The molecule has 3 aromatic rings. The third kappa shape index (κ3) is 6.05. The van der Waals surface area contributed by atoms with Crippen LogP contribution in [0.3, 0.4) is 0 Å². The normalized spacial score (nSPS) is 15.0. The van der Waals surface area contributed by atoms with Crippen molar-refractivity contribution in [3.05, 3.63) is 72.3 Å². The van der Waals surface area contributed by atoms with E-state index in [0.717, 1.165) is 36.1 Å². The van der Waals surface area contributed by atoms with Crippen LogP contribution < -0.4 is 10.2 Å². The molecule has 31 heavy (non-hydrogen) atoms. The van der Waals surface area contributed by atoms with Gasteiger partial charge in [0.05, 0.1) is 5.69 Å². The predicted octanol–water partition coefficient (Wildman–Crippen LogP) is 4.92. The summed E-state index contributed by atoms with van der Waals surface area (Å²) in [5.41, 5.74) is 4.59. The molecule has 0 aliphatic carbocycles. The molecule has 0 amide bonds. The van der Waals surface area contributed by atoms with Gasteiger partial charge in [-0.05, 0) is 68.1 Å². The molecule has 1 aliphatic heterocycles. The highest BCUT2D eigenvalue weighted by atomic mass is 15.2. The lowest BCUT2D eigenvalue weighted by Crippen LogP contribution is -2.33. The van der Waals surface area contributed by atoms with Crippen molar-refractivity contribution < 1.29 is 0 Å². The zero-order valence-electron chi connectivity index (χ0n) is 18.7. The van der Waals surface area contributed by atoms with Gasteiger partial charge in [-0.2, -0.15) is 0 Å². The second kappa shape index (κ2) is 10.4. The second-order valence-corrected chi connectivity index (χ2v) is 8.67. The van der Waals surface area contributed by atoms with Gasteiger partial charge in [0.1, 0.15) is 5.82 Å². The summed E-state index contributed by atoms with van der Waals surface area (Å²) in [6.45, 7) is 4.42. The zero-order valence-corrected chi connectivity index (χ0v) is 18.7. The molecule has 1 fully saturated rings. The summed E-state index contributed by atoms with van der Waals surface area (Å²) in [5.74, 6) is 1.65. The highest BCUT2D eigenvalue weighted by Gasteiger charge is 2.19. The maximum atomic E-state index is 4.41. The van der Waals surface area contributed by atoms with Gasteiger partial charge < -0.3 is 10.2 Å². The lowest BCUT2D eigenvalue weighted by Gasteiger charge is -2.32. The van der Waals surface area contributed by atoms with E-state index in [4.69, 9.17) is 0 Å². The minimum Gasteiger partial charge on any atom is -0.378 e. The van der Waals surface area contributed by atoms with Crippen LogP contribution in [0.4, 0.5) is 11.5 Å². The molecule has 0 saturated carbocycles. The Morgan fingerprint density at radius 3 is 2.29 bits per heavy atom. The Morgan fingerprint density at radius 1 is 0.903 bits per heavy atom. The quantitative estimate of drug-likeness (QED) is 0.565. The number of piperidine rings is 1. The van der Waals surface area contributed by atoms with E-state index in [-0.39, 0.29) is 0 Å². The predicted molar refractivity (Wildman–Crippen MR) is 129 cm³/mol. The van der Waals surface area contributed by atoms with E-state index >= 15 is 0 Å². The van der Waals surface area contributed by atoms with Crippen molar-refractivity contribution in [1.29, 1.82) is 0 Å². The van der Waals surface area contributed by atoms with Crippen LogP contribution in [0.2, 0.25) is 0 Å². The van der Waals surface area contributed by atoms with Gasteiger partial charge >= 0.3 is 0 Å². The van der Waals surface area contributed by atoms with Crippen molar-refractivity contribution in [3.8, 4) is 11.3 Å². The summed E-state index contributed by atoms with van der Waals surface area (Å²) in [6.07, 6.45) is 3.75. The number of likely N-dealkylation sites (tertiary alicyclic amines) is 1. The fraction of sp³-hybridized carbons (Fsp3) is 0.385. The minimum absolute atomic E-state index is 0.793. The van der Waals surface area contributed by atoms with E-state index < -0.39 is 0 Å². The number of rotatable bonds is 8. The highest BCUT2D eigenvalue weighted by Crippen LogP contribution is 2.23. The fourth-order valence-corrected chi connectivity index (χ4v) is 4.19. The third-order valence-electron chi connectivity index (χ3n) is 6.16. The number of aromatic nitrogens is 2. The van der Waals surface area contributed by atoms with Gasteiger partial charge in [0.2, 0.25) is 0 Å². The van der Waals surface area contributed by atoms with Crippen LogP contribution in [0.1, 0.15) is 24.8 Å². The Hall–Kier alpha value is -2.92. The number of anilines is 2. The topological polar surface area (TPSA) is 44.3 Å². The number of benzene rings is 2. The zero-order chi connectivity index (χ0) is 21.5. The van der Waals surface area contributed by atoms with Gasteiger partial charge in [0, 0.05) is 38.4 Å². The maximum absolute atomic E-state index is 4.41. The average molecular weight is 416 g/mol. The largest absolute Gasteiger partial charge is 0.378 e. The molecule has 2 heterocycles. The van der Waals surface area contributed by atoms with E-state index in [1.165, 1.54) is 43.6 Å². The van der Waals surface area contributed by atoms with Gasteiger partial charge in [-0.3, -0.25) is 4.90 Å². The van der Waals surface area contributed by atoms with E-state index in [0.29, 0.717) is 0 Å². The van der Waals surface area contributed by atoms with Crippen molar-refractivity contribution in [2.45, 2.75) is 25.8 Å². The lowest BCUT2D eigenvalue weighted by atomic mass is 9.93. The third-order valence-corrected chi connectivity index (χ3v) is 6.16. The van der Waals surface area contributed by atoms with Crippen molar-refractivity contribution in [1.82, 2.24) is 15.1 Å². The van der Waals surface area contributed by atoms with Crippen LogP contribution in [-0.4, -0.2) is 48.8 Å². The minimum atomic E-state index is 0.793. The molecule has 4 rings (SSSR count). The highest BCUT2D eigenvalue weighted by molar-refractivity contribution is 5.63. The molecule has 0 atom stereocenters. The molecule has 0 unspecified atom stereocenters. The van der Waals surface area contributed by atoms with Gasteiger partial charge in [0.25, 0.3) is 0 Å². The Balaban J connectivity index is 1.19. The molecule has 1 saturated heterocycles. The Kier molecular flexibility index (Phi) is 7.15. The standard InChI is InChI=1S/C26H33N5/c1-30(2)24-10-8-23(9-11-24)25-12-13-26(29-28-25)27-17-14-21-15-18-31(19-16-21)20-22-6-4-3-5-7-22/h3-13,21H,14-20H2,1-2H3,(H,27,29). The molecule has 0 bridgehead atoms. The summed E-state index contributed by atoms with van der Waals surface area (Å²) >= 11 is 0. The number of hydrogen-bond donors (Lipinski definition) is 1. The van der Waals surface area contributed by atoms with Gasteiger partial charge in [-0.1, -0.05) is 42.5 Å². The average Bonchev–Trinajstić information content (AvgIpc) is 2.81. The first-order chi connectivity index (χ1) is 15.2. The van der Waals surface area contributed by atoms with E-state index in [1.54, 1.807) is 0 Å². The van der Waals surface area contributed by atoms with Gasteiger partial charge in [-0.25, -0.2) is 0 Å². The lowest BCUT2D eigenvalue weighted by molar-refractivity contribution is 0.174. The molecule has 162 valence electrons. The van der Waals surface area contributed by atoms with E-state index in [2.05, 4.69) is 79.9 Å². The van der Waals surface area contributed by atoms with Gasteiger partial charge in [0.15, 0.2) is 0 Å². The van der Waals surface area contributed by atoms with Crippen molar-refractivity contribution in [2.75, 3.05) is 43.9 Å². The molecular formula is C26H33N5. The van der Waals surface area contributed by atoms with Crippen molar-refractivity contribution in [2.24, 2.45) is 5.92 Å². The molecule has 0 radical (unpaired) electrons. The van der Waals surface area contributed by atoms with Gasteiger partial charge in [-0.15, -0.1) is 10.2 Å². The first-order valence-electron chi connectivity index (χ1n) is 11.3. The van der Waals surface area contributed by atoms with Crippen LogP contribution in [0, 0.1) is 5.92 Å². The first-order valence-corrected chi connectivity index (χ1v) is 11.3. The molecule has 1 aromatic heterocycles. The molecule has 1 aliphatic rings. The summed E-state index contributed by atoms with van der Waals surface area (Å²) in [5, 5.41) is 12.2. The van der Waals surface area contributed by atoms with Crippen LogP contribution >= 0.6 is 0 Å². The molecule has 2 aromatic carbocycles. The number of nitrogens with one attached hydrogen (secondary N) is 1. The molecule has 5 heteroatoms. The summed E-state index contributed by atoms with van der Waals surface area (Å²) in [6, 6.07) is 23.3. The maximum Gasteiger partial charge on any atom is 0.148 e. The Labute approximate surface area is 186 Å². The van der Waals surface area contributed by atoms with E-state index in [9.17, 15) is 0 Å². The SMILES string of the molecule is CN(C)c1ccc(-c2ccc(NCCC3CCN(Cc4ccccc4)CC3)nn2)cc1. The summed E-state index contributed by atoms with van der Waals surface area (Å²) in [4.78, 5) is 4.67.